The summed E-state index contributed by atoms with van der Waals surface area (Å²) in [7, 11) is 0. The van der Waals surface area contributed by atoms with Gasteiger partial charge in [0, 0.05) is 13.1 Å². The molecule has 1 heterocycles. The summed E-state index contributed by atoms with van der Waals surface area (Å²) >= 11 is 0. The van der Waals surface area contributed by atoms with Crippen LogP contribution in [0.25, 0.3) is 0 Å². The number of piperidine rings is 1. The van der Waals surface area contributed by atoms with E-state index in [2.05, 4.69) is 29.0 Å². The van der Waals surface area contributed by atoms with Gasteiger partial charge in [-0.15, -0.1) is 6.58 Å². The van der Waals surface area contributed by atoms with Gasteiger partial charge in [-0.2, -0.15) is 0 Å². The van der Waals surface area contributed by atoms with Crippen molar-refractivity contribution in [3.8, 4) is 0 Å². The number of hydrogen-bond donors (Lipinski definition) is 2. The molecule has 0 saturated carbocycles. The van der Waals surface area contributed by atoms with E-state index in [4.69, 9.17) is 0 Å². The van der Waals surface area contributed by atoms with Gasteiger partial charge in [-0.1, -0.05) is 13.0 Å². The van der Waals surface area contributed by atoms with Crippen molar-refractivity contribution in [2.75, 3.05) is 39.3 Å². The van der Waals surface area contributed by atoms with Gasteiger partial charge in [0.05, 0.1) is 6.54 Å². The molecule has 4 nitrogen and oxygen atoms in total. The van der Waals surface area contributed by atoms with Crippen molar-refractivity contribution in [1.82, 2.24) is 15.5 Å². The Morgan fingerprint density at radius 3 is 2.83 bits per heavy atom. The third-order valence-electron chi connectivity index (χ3n) is 3.42. The highest BCUT2D eigenvalue weighted by atomic mass is 16.1. The van der Waals surface area contributed by atoms with Gasteiger partial charge in [-0.25, -0.2) is 0 Å². The molecule has 0 spiro atoms. The first-order valence-corrected chi connectivity index (χ1v) is 7.03. The standard InChI is InChI=1S/C14H27N3O/c1-3-7-15-12-14(18)16-8-4-9-17-10-5-13(2)6-11-17/h3,13,15H,1,4-12H2,2H3,(H,16,18). The minimum absolute atomic E-state index is 0.0733. The van der Waals surface area contributed by atoms with Crippen LogP contribution < -0.4 is 10.6 Å². The maximum Gasteiger partial charge on any atom is 0.233 e. The third-order valence-corrected chi connectivity index (χ3v) is 3.42. The summed E-state index contributed by atoms with van der Waals surface area (Å²) < 4.78 is 0. The molecule has 2 N–H and O–H groups in total. The van der Waals surface area contributed by atoms with Crippen molar-refractivity contribution in [3.63, 3.8) is 0 Å². The Balaban J connectivity index is 1.94. The van der Waals surface area contributed by atoms with Gasteiger partial charge < -0.3 is 15.5 Å². The molecule has 1 amide bonds. The molecule has 1 fully saturated rings. The molecule has 0 unspecified atom stereocenters. The average Bonchev–Trinajstić information content (AvgIpc) is 2.37. The molecular formula is C14H27N3O. The molecule has 0 aromatic heterocycles. The van der Waals surface area contributed by atoms with Crippen molar-refractivity contribution in [1.29, 1.82) is 0 Å². The Labute approximate surface area is 111 Å². The predicted octanol–water partition coefficient (Wildman–Crippen LogP) is 1.00. The molecule has 18 heavy (non-hydrogen) atoms. The Morgan fingerprint density at radius 2 is 2.17 bits per heavy atom. The number of carbonyl (C=O) groups is 1. The molecule has 104 valence electrons. The summed E-state index contributed by atoms with van der Waals surface area (Å²) in [5, 5.41) is 5.92. The number of likely N-dealkylation sites (tertiary alicyclic amines) is 1. The van der Waals surface area contributed by atoms with Gasteiger partial charge in [-0.05, 0) is 44.8 Å². The van der Waals surface area contributed by atoms with Crippen LogP contribution in [-0.2, 0) is 4.79 Å². The molecule has 1 aliphatic rings. The van der Waals surface area contributed by atoms with Crippen LogP contribution >= 0.6 is 0 Å². The second-order valence-corrected chi connectivity index (χ2v) is 5.15. The van der Waals surface area contributed by atoms with E-state index < -0.39 is 0 Å². The van der Waals surface area contributed by atoms with Crippen molar-refractivity contribution in [3.05, 3.63) is 12.7 Å². The fourth-order valence-electron chi connectivity index (χ4n) is 2.17. The number of rotatable bonds is 8. The zero-order valence-electron chi connectivity index (χ0n) is 11.6. The Hall–Kier alpha value is -0.870. The van der Waals surface area contributed by atoms with Gasteiger partial charge in [0.15, 0.2) is 0 Å². The highest BCUT2D eigenvalue weighted by Crippen LogP contribution is 2.15. The summed E-state index contributed by atoms with van der Waals surface area (Å²) in [5.41, 5.74) is 0. The average molecular weight is 253 g/mol. The maximum atomic E-state index is 11.4. The summed E-state index contributed by atoms with van der Waals surface area (Å²) in [6.45, 7) is 11.3. The lowest BCUT2D eigenvalue weighted by atomic mass is 9.99. The highest BCUT2D eigenvalue weighted by molar-refractivity contribution is 5.77. The van der Waals surface area contributed by atoms with E-state index in [1.807, 2.05) is 0 Å². The second-order valence-electron chi connectivity index (χ2n) is 5.15. The van der Waals surface area contributed by atoms with Crippen LogP contribution in [0, 0.1) is 5.92 Å². The molecule has 1 saturated heterocycles. The van der Waals surface area contributed by atoms with Gasteiger partial charge in [0.2, 0.25) is 5.91 Å². The van der Waals surface area contributed by atoms with Crippen molar-refractivity contribution in [2.24, 2.45) is 5.92 Å². The lowest BCUT2D eigenvalue weighted by molar-refractivity contribution is -0.120. The lowest BCUT2D eigenvalue weighted by Gasteiger charge is -2.30. The van der Waals surface area contributed by atoms with Gasteiger partial charge in [0.1, 0.15) is 0 Å². The number of nitrogens with zero attached hydrogens (tertiary/aromatic N) is 1. The van der Waals surface area contributed by atoms with Crippen molar-refractivity contribution in [2.45, 2.75) is 26.2 Å². The van der Waals surface area contributed by atoms with Crippen LogP contribution in [0.1, 0.15) is 26.2 Å². The van der Waals surface area contributed by atoms with E-state index in [0.29, 0.717) is 13.1 Å². The maximum absolute atomic E-state index is 11.4. The molecular weight excluding hydrogens is 226 g/mol. The van der Waals surface area contributed by atoms with Crippen LogP contribution in [0.4, 0.5) is 0 Å². The SMILES string of the molecule is C=CCNCC(=O)NCCCN1CCC(C)CC1. The summed E-state index contributed by atoms with van der Waals surface area (Å²) in [6.07, 6.45) is 5.43. The van der Waals surface area contributed by atoms with Gasteiger partial charge in [-0.3, -0.25) is 4.79 Å². The monoisotopic (exact) mass is 253 g/mol. The molecule has 0 atom stereocenters. The van der Waals surface area contributed by atoms with Crippen LogP contribution in [0.2, 0.25) is 0 Å². The van der Waals surface area contributed by atoms with Gasteiger partial charge in [0.25, 0.3) is 0 Å². The van der Waals surface area contributed by atoms with Crippen LogP contribution in [0.5, 0.6) is 0 Å². The first-order valence-electron chi connectivity index (χ1n) is 7.03. The van der Waals surface area contributed by atoms with Crippen LogP contribution in [0.15, 0.2) is 12.7 Å². The predicted molar refractivity (Wildman–Crippen MR) is 75.5 cm³/mol. The number of nitrogens with one attached hydrogen (secondary N) is 2. The van der Waals surface area contributed by atoms with E-state index in [0.717, 1.165) is 25.4 Å². The zero-order valence-corrected chi connectivity index (χ0v) is 11.6. The molecule has 1 rings (SSSR count). The summed E-state index contributed by atoms with van der Waals surface area (Å²) in [5.74, 6) is 0.959. The van der Waals surface area contributed by atoms with Crippen molar-refractivity contribution < 1.29 is 4.79 Å². The van der Waals surface area contributed by atoms with E-state index in [-0.39, 0.29) is 5.91 Å². The molecule has 0 aromatic carbocycles. The quantitative estimate of drug-likeness (QED) is 0.501. The molecule has 1 aliphatic heterocycles. The number of hydrogen-bond acceptors (Lipinski definition) is 3. The minimum Gasteiger partial charge on any atom is -0.355 e. The normalized spacial score (nSPS) is 17.6. The summed E-state index contributed by atoms with van der Waals surface area (Å²) in [6, 6.07) is 0. The molecule has 0 radical (unpaired) electrons. The number of amides is 1. The molecule has 0 bridgehead atoms. The fraction of sp³-hybridized carbons (Fsp3) is 0.786. The first kappa shape index (κ1) is 15.2. The smallest absolute Gasteiger partial charge is 0.233 e. The minimum atomic E-state index is 0.0733. The fourth-order valence-corrected chi connectivity index (χ4v) is 2.17. The lowest BCUT2D eigenvalue weighted by Crippen LogP contribution is -2.37. The number of carbonyl (C=O) groups excluding carboxylic acids is 1. The van der Waals surface area contributed by atoms with E-state index in [1.54, 1.807) is 6.08 Å². The summed E-state index contributed by atoms with van der Waals surface area (Å²) in [4.78, 5) is 13.9. The Morgan fingerprint density at radius 1 is 1.44 bits per heavy atom. The zero-order chi connectivity index (χ0) is 13.2. The first-order chi connectivity index (χ1) is 8.72. The van der Waals surface area contributed by atoms with E-state index in [1.165, 1.54) is 25.9 Å². The van der Waals surface area contributed by atoms with Crippen LogP contribution in [0.3, 0.4) is 0 Å². The Bertz CT molecular complexity index is 247. The molecule has 4 heteroatoms. The van der Waals surface area contributed by atoms with Crippen molar-refractivity contribution >= 4 is 5.91 Å². The highest BCUT2D eigenvalue weighted by Gasteiger charge is 2.14. The van der Waals surface area contributed by atoms with E-state index >= 15 is 0 Å². The van der Waals surface area contributed by atoms with E-state index in [9.17, 15) is 4.79 Å². The molecule has 0 aromatic rings. The topological polar surface area (TPSA) is 44.4 Å². The Kier molecular flexibility index (Phi) is 7.69. The van der Waals surface area contributed by atoms with Crippen LogP contribution in [-0.4, -0.2) is 50.1 Å². The van der Waals surface area contributed by atoms with Gasteiger partial charge >= 0.3 is 0 Å². The second kappa shape index (κ2) is 9.11. The largest absolute Gasteiger partial charge is 0.355 e. The molecule has 0 aliphatic carbocycles. The third kappa shape index (κ3) is 6.77.